The van der Waals surface area contributed by atoms with E-state index in [1.54, 1.807) is 6.33 Å². The van der Waals surface area contributed by atoms with E-state index < -0.39 is 0 Å². The zero-order valence-electron chi connectivity index (χ0n) is 14.6. The summed E-state index contributed by atoms with van der Waals surface area (Å²) in [5.74, 6) is 3.52. The lowest BCUT2D eigenvalue weighted by Crippen LogP contribution is -2.42. The summed E-state index contributed by atoms with van der Waals surface area (Å²) in [6.07, 6.45) is 8.17. The van der Waals surface area contributed by atoms with Crippen molar-refractivity contribution in [3.63, 3.8) is 0 Å². The lowest BCUT2D eigenvalue weighted by atomic mass is 9.80. The van der Waals surface area contributed by atoms with Gasteiger partial charge in [-0.25, -0.2) is 0 Å². The molecule has 23 heavy (non-hydrogen) atoms. The molecule has 1 aliphatic carbocycles. The molecule has 2 unspecified atom stereocenters. The number of hydrogen-bond acceptors (Lipinski definition) is 3. The first-order valence-electron chi connectivity index (χ1n) is 8.55. The highest BCUT2D eigenvalue weighted by molar-refractivity contribution is 14.0. The number of halogens is 1. The maximum absolute atomic E-state index is 4.31. The molecule has 6 nitrogen and oxygen atoms in total. The predicted molar refractivity (Wildman–Crippen MR) is 105 cm³/mol. The van der Waals surface area contributed by atoms with Crippen molar-refractivity contribution in [3.8, 4) is 0 Å². The Morgan fingerprint density at radius 3 is 2.83 bits per heavy atom. The molecule has 2 rings (SSSR count). The Balaban J connectivity index is 0.00000264. The first kappa shape index (κ1) is 20.2. The summed E-state index contributed by atoms with van der Waals surface area (Å²) in [6, 6.07) is 0. The van der Waals surface area contributed by atoms with Crippen molar-refractivity contribution in [1.82, 2.24) is 25.4 Å². The van der Waals surface area contributed by atoms with E-state index >= 15 is 0 Å². The van der Waals surface area contributed by atoms with E-state index in [2.05, 4.69) is 44.2 Å². The molecular formula is C16H31IN6. The number of aromatic nitrogens is 3. The third-order valence-corrected chi connectivity index (χ3v) is 4.70. The van der Waals surface area contributed by atoms with Gasteiger partial charge in [-0.05, 0) is 18.3 Å². The molecule has 0 spiro atoms. The average molecular weight is 434 g/mol. The fourth-order valence-corrected chi connectivity index (χ4v) is 3.18. The number of aliphatic imine (C=N–C) groups is 1. The summed E-state index contributed by atoms with van der Waals surface area (Å²) in [7, 11) is 1.83. The van der Waals surface area contributed by atoms with Gasteiger partial charge in [0.05, 0.1) is 0 Å². The molecule has 0 radical (unpaired) electrons. The maximum atomic E-state index is 4.31. The van der Waals surface area contributed by atoms with E-state index in [-0.39, 0.29) is 24.0 Å². The summed E-state index contributed by atoms with van der Waals surface area (Å²) in [5.41, 5.74) is 0. The highest BCUT2D eigenvalue weighted by atomic mass is 127. The fraction of sp³-hybridized carbons (Fsp3) is 0.812. The van der Waals surface area contributed by atoms with E-state index in [4.69, 9.17) is 0 Å². The molecule has 0 aromatic carbocycles. The molecule has 1 saturated carbocycles. The average Bonchev–Trinajstić information content (AvgIpc) is 2.99. The van der Waals surface area contributed by atoms with Gasteiger partial charge >= 0.3 is 0 Å². The Bertz CT molecular complexity index is 473. The minimum Gasteiger partial charge on any atom is -0.356 e. The van der Waals surface area contributed by atoms with Crippen molar-refractivity contribution < 1.29 is 0 Å². The molecule has 1 heterocycles. The second kappa shape index (κ2) is 10.8. The van der Waals surface area contributed by atoms with Crippen LogP contribution in [0.5, 0.6) is 0 Å². The van der Waals surface area contributed by atoms with E-state index in [0.29, 0.717) is 0 Å². The van der Waals surface area contributed by atoms with Crippen LogP contribution >= 0.6 is 24.0 Å². The van der Waals surface area contributed by atoms with E-state index in [9.17, 15) is 0 Å². The van der Waals surface area contributed by atoms with Crippen LogP contribution in [0.4, 0.5) is 0 Å². The monoisotopic (exact) mass is 434 g/mol. The van der Waals surface area contributed by atoms with Crippen molar-refractivity contribution in [2.45, 2.75) is 52.5 Å². The van der Waals surface area contributed by atoms with Crippen LogP contribution in [-0.4, -0.2) is 40.9 Å². The molecule has 1 aromatic rings. The number of aryl methyl sites for hydroxylation is 1. The van der Waals surface area contributed by atoms with Crippen molar-refractivity contribution in [3.05, 3.63) is 12.2 Å². The molecular weight excluding hydrogens is 403 g/mol. The Kier molecular flexibility index (Phi) is 9.50. The molecule has 1 fully saturated rings. The van der Waals surface area contributed by atoms with E-state index in [1.807, 2.05) is 7.05 Å². The molecule has 7 heteroatoms. The van der Waals surface area contributed by atoms with Gasteiger partial charge in [-0.2, -0.15) is 0 Å². The molecule has 0 saturated heterocycles. The molecule has 132 valence electrons. The van der Waals surface area contributed by atoms with Crippen LogP contribution < -0.4 is 10.6 Å². The summed E-state index contributed by atoms with van der Waals surface area (Å²) >= 11 is 0. The third-order valence-electron chi connectivity index (χ3n) is 4.70. The first-order valence-corrected chi connectivity index (χ1v) is 8.55. The number of nitrogens with one attached hydrogen (secondary N) is 2. The zero-order valence-corrected chi connectivity index (χ0v) is 16.9. The topological polar surface area (TPSA) is 67.1 Å². The van der Waals surface area contributed by atoms with Crippen LogP contribution in [0.25, 0.3) is 0 Å². The van der Waals surface area contributed by atoms with Crippen molar-refractivity contribution >= 4 is 29.9 Å². The van der Waals surface area contributed by atoms with Crippen molar-refractivity contribution in [1.29, 1.82) is 0 Å². The minimum absolute atomic E-state index is 0. The van der Waals surface area contributed by atoms with Crippen molar-refractivity contribution in [2.24, 2.45) is 16.8 Å². The van der Waals surface area contributed by atoms with Gasteiger partial charge in [0.15, 0.2) is 5.96 Å². The second-order valence-electron chi connectivity index (χ2n) is 6.20. The molecule has 1 aromatic heterocycles. The summed E-state index contributed by atoms with van der Waals surface area (Å²) in [5, 5.41) is 14.9. The van der Waals surface area contributed by atoms with Crippen LogP contribution in [0.2, 0.25) is 0 Å². The molecule has 0 aliphatic heterocycles. The highest BCUT2D eigenvalue weighted by Crippen LogP contribution is 2.28. The van der Waals surface area contributed by atoms with Gasteiger partial charge in [0.25, 0.3) is 0 Å². The van der Waals surface area contributed by atoms with E-state index in [1.165, 1.54) is 25.7 Å². The summed E-state index contributed by atoms with van der Waals surface area (Å²) in [6.45, 7) is 7.18. The minimum atomic E-state index is 0. The Morgan fingerprint density at radius 2 is 2.13 bits per heavy atom. The normalized spacial score (nSPS) is 21.6. The van der Waals surface area contributed by atoms with Crippen molar-refractivity contribution in [2.75, 3.05) is 20.1 Å². The predicted octanol–water partition coefficient (Wildman–Crippen LogP) is 2.45. The smallest absolute Gasteiger partial charge is 0.191 e. The van der Waals surface area contributed by atoms with Gasteiger partial charge in [-0.15, -0.1) is 34.2 Å². The van der Waals surface area contributed by atoms with Gasteiger partial charge in [0, 0.05) is 33.1 Å². The van der Waals surface area contributed by atoms with Crippen LogP contribution in [0.15, 0.2) is 11.3 Å². The lowest BCUT2D eigenvalue weighted by Gasteiger charge is -2.29. The highest BCUT2D eigenvalue weighted by Gasteiger charge is 2.21. The van der Waals surface area contributed by atoms with Gasteiger partial charge in [0.2, 0.25) is 0 Å². The number of nitrogens with zero attached hydrogens (tertiary/aromatic N) is 4. The van der Waals surface area contributed by atoms with Gasteiger partial charge in [-0.1, -0.05) is 33.1 Å². The number of hydrogen-bond donors (Lipinski definition) is 2. The van der Waals surface area contributed by atoms with Crippen LogP contribution in [-0.2, 0) is 13.0 Å². The number of rotatable bonds is 6. The van der Waals surface area contributed by atoms with Crippen LogP contribution in [0.3, 0.4) is 0 Å². The van der Waals surface area contributed by atoms with Gasteiger partial charge < -0.3 is 15.2 Å². The van der Waals surface area contributed by atoms with Gasteiger partial charge in [-0.3, -0.25) is 4.99 Å². The zero-order chi connectivity index (χ0) is 15.8. The summed E-state index contributed by atoms with van der Waals surface area (Å²) < 4.78 is 2.09. The molecule has 2 N–H and O–H groups in total. The fourth-order valence-electron chi connectivity index (χ4n) is 3.18. The van der Waals surface area contributed by atoms with E-state index in [0.717, 1.165) is 49.7 Å². The quantitative estimate of drug-likeness (QED) is 0.410. The maximum Gasteiger partial charge on any atom is 0.191 e. The Morgan fingerprint density at radius 1 is 1.35 bits per heavy atom. The Hall–Kier alpha value is -0.860. The van der Waals surface area contributed by atoms with Gasteiger partial charge in [0.1, 0.15) is 12.2 Å². The molecule has 0 bridgehead atoms. The van der Waals surface area contributed by atoms with Crippen LogP contribution in [0, 0.1) is 11.8 Å². The standard InChI is InChI=1S/C16H30N6.HI/c1-4-15-21-20-12-22(15)10-9-18-16(17-3)19-11-14-8-6-5-7-13(14)2;/h12-14H,4-11H2,1-3H3,(H2,17,18,19);1H. The molecule has 1 aliphatic rings. The third kappa shape index (κ3) is 6.27. The first-order chi connectivity index (χ1) is 10.7. The largest absolute Gasteiger partial charge is 0.356 e. The second-order valence-corrected chi connectivity index (χ2v) is 6.20. The van der Waals surface area contributed by atoms with Crippen LogP contribution in [0.1, 0.15) is 45.4 Å². The molecule has 2 atom stereocenters. The molecule has 0 amide bonds. The lowest BCUT2D eigenvalue weighted by molar-refractivity contribution is 0.256. The SMILES string of the molecule is CCc1nncn1CCNC(=NC)NCC1CCCCC1C.I. The number of guanidine groups is 1. The Labute approximate surface area is 157 Å². The summed E-state index contributed by atoms with van der Waals surface area (Å²) in [4.78, 5) is 4.31.